The maximum atomic E-state index is 6.21. The van der Waals surface area contributed by atoms with Crippen molar-refractivity contribution >= 4 is 23.2 Å². The van der Waals surface area contributed by atoms with E-state index in [1.165, 1.54) is 0 Å². The highest BCUT2D eigenvalue weighted by Crippen LogP contribution is 2.31. The molecule has 3 aromatic rings. The van der Waals surface area contributed by atoms with E-state index in [9.17, 15) is 0 Å². The summed E-state index contributed by atoms with van der Waals surface area (Å²) in [5.41, 5.74) is 1.85. The van der Waals surface area contributed by atoms with Crippen LogP contribution in [-0.4, -0.2) is 6.61 Å². The highest BCUT2D eigenvalue weighted by Gasteiger charge is 2.10. The normalized spacial score (nSPS) is 10.8. The van der Waals surface area contributed by atoms with Crippen molar-refractivity contribution in [1.29, 1.82) is 0 Å². The van der Waals surface area contributed by atoms with Crippen LogP contribution >= 0.6 is 23.2 Å². The van der Waals surface area contributed by atoms with E-state index in [1.54, 1.807) is 18.4 Å². The highest BCUT2D eigenvalue weighted by atomic mass is 35.5. The van der Waals surface area contributed by atoms with Crippen LogP contribution in [-0.2, 0) is 19.7 Å². The Labute approximate surface area is 169 Å². The molecule has 142 valence electrons. The van der Waals surface area contributed by atoms with Crippen molar-refractivity contribution in [2.24, 2.45) is 0 Å². The third-order valence-electron chi connectivity index (χ3n) is 3.95. The van der Waals surface area contributed by atoms with Crippen LogP contribution in [0.3, 0.4) is 0 Å². The number of hydrogen-bond acceptors (Lipinski definition) is 4. The second kappa shape index (κ2) is 9.70. The number of hydrogen-bond donors (Lipinski definition) is 1. The minimum Gasteiger partial charge on any atom is -0.490 e. The number of ether oxygens (including phenoxy) is 2. The van der Waals surface area contributed by atoms with Crippen molar-refractivity contribution in [3.8, 4) is 11.5 Å². The molecule has 27 heavy (non-hydrogen) atoms. The Hall–Kier alpha value is -2.14. The number of halogens is 2. The van der Waals surface area contributed by atoms with Crippen LogP contribution < -0.4 is 14.8 Å². The summed E-state index contributed by atoms with van der Waals surface area (Å²) in [6.07, 6.45) is 1.67. The zero-order chi connectivity index (χ0) is 19.1. The average molecular weight is 406 g/mol. The van der Waals surface area contributed by atoms with Crippen molar-refractivity contribution in [1.82, 2.24) is 5.32 Å². The Bertz CT molecular complexity index is 846. The molecule has 0 radical (unpaired) electrons. The first-order chi connectivity index (χ1) is 13.2. The summed E-state index contributed by atoms with van der Waals surface area (Å²) in [7, 11) is 0. The average Bonchev–Trinajstić information content (AvgIpc) is 3.16. The first-order valence-electron chi connectivity index (χ1n) is 8.72. The van der Waals surface area contributed by atoms with E-state index in [-0.39, 0.29) is 6.61 Å². The SMILES string of the molecule is CCOc1cc(CNCc2ccco2)ccc1OCc1c(Cl)cccc1Cl. The van der Waals surface area contributed by atoms with E-state index < -0.39 is 0 Å². The molecular formula is C21H21Cl2NO3. The topological polar surface area (TPSA) is 43.6 Å². The van der Waals surface area contributed by atoms with Gasteiger partial charge in [-0.2, -0.15) is 0 Å². The highest BCUT2D eigenvalue weighted by molar-refractivity contribution is 6.35. The summed E-state index contributed by atoms with van der Waals surface area (Å²) in [5.74, 6) is 2.25. The zero-order valence-electron chi connectivity index (χ0n) is 15.0. The summed E-state index contributed by atoms with van der Waals surface area (Å²) >= 11 is 12.4. The van der Waals surface area contributed by atoms with Gasteiger partial charge < -0.3 is 19.2 Å². The molecule has 6 heteroatoms. The van der Waals surface area contributed by atoms with Crippen LogP contribution in [0, 0.1) is 0 Å². The van der Waals surface area contributed by atoms with Gasteiger partial charge in [-0.25, -0.2) is 0 Å². The fourth-order valence-electron chi connectivity index (χ4n) is 2.61. The van der Waals surface area contributed by atoms with Gasteiger partial charge in [-0.15, -0.1) is 0 Å². The Balaban J connectivity index is 1.65. The minimum atomic E-state index is 0.272. The Morgan fingerprint density at radius 1 is 0.926 bits per heavy atom. The van der Waals surface area contributed by atoms with Gasteiger partial charge in [0.1, 0.15) is 12.4 Å². The van der Waals surface area contributed by atoms with E-state index in [4.69, 9.17) is 37.1 Å². The molecule has 0 saturated carbocycles. The van der Waals surface area contributed by atoms with Crippen molar-refractivity contribution < 1.29 is 13.9 Å². The molecule has 0 unspecified atom stereocenters. The molecule has 1 heterocycles. The molecule has 1 aromatic heterocycles. The van der Waals surface area contributed by atoms with Crippen molar-refractivity contribution in [3.63, 3.8) is 0 Å². The van der Waals surface area contributed by atoms with Gasteiger partial charge in [0, 0.05) is 22.2 Å². The first-order valence-corrected chi connectivity index (χ1v) is 9.47. The Morgan fingerprint density at radius 3 is 2.44 bits per heavy atom. The summed E-state index contributed by atoms with van der Waals surface area (Å²) in [5, 5.41) is 4.51. The first kappa shape index (κ1) is 19.6. The third kappa shape index (κ3) is 5.42. The molecule has 0 aliphatic heterocycles. The monoisotopic (exact) mass is 405 g/mol. The molecule has 0 spiro atoms. The van der Waals surface area contributed by atoms with Crippen LogP contribution in [0.1, 0.15) is 23.8 Å². The quantitative estimate of drug-likeness (QED) is 0.484. The van der Waals surface area contributed by atoms with Gasteiger partial charge in [0.05, 0.1) is 19.4 Å². The Morgan fingerprint density at radius 2 is 1.74 bits per heavy atom. The van der Waals surface area contributed by atoms with Crippen LogP contribution in [0.5, 0.6) is 11.5 Å². The molecule has 2 aromatic carbocycles. The fourth-order valence-corrected chi connectivity index (χ4v) is 3.12. The van der Waals surface area contributed by atoms with Crippen LogP contribution in [0.2, 0.25) is 10.0 Å². The second-order valence-electron chi connectivity index (χ2n) is 5.89. The third-order valence-corrected chi connectivity index (χ3v) is 4.66. The van der Waals surface area contributed by atoms with Gasteiger partial charge in [0.2, 0.25) is 0 Å². The number of rotatable bonds is 9. The van der Waals surface area contributed by atoms with Crippen LogP contribution in [0.4, 0.5) is 0 Å². The molecule has 0 amide bonds. The summed E-state index contributed by atoms with van der Waals surface area (Å²) in [6.45, 7) is 4.12. The molecule has 0 fully saturated rings. The second-order valence-corrected chi connectivity index (χ2v) is 6.70. The van der Waals surface area contributed by atoms with Crippen molar-refractivity contribution in [2.45, 2.75) is 26.6 Å². The largest absolute Gasteiger partial charge is 0.490 e. The number of nitrogens with one attached hydrogen (secondary N) is 1. The zero-order valence-corrected chi connectivity index (χ0v) is 16.5. The van der Waals surface area contributed by atoms with Gasteiger partial charge >= 0.3 is 0 Å². The minimum absolute atomic E-state index is 0.272. The number of furan rings is 1. The lowest BCUT2D eigenvalue weighted by Crippen LogP contribution is -2.12. The fraction of sp³-hybridized carbons (Fsp3) is 0.238. The lowest BCUT2D eigenvalue weighted by atomic mass is 10.2. The smallest absolute Gasteiger partial charge is 0.161 e. The molecule has 0 aliphatic carbocycles. The lowest BCUT2D eigenvalue weighted by molar-refractivity contribution is 0.269. The van der Waals surface area contributed by atoms with E-state index in [0.29, 0.717) is 41.2 Å². The van der Waals surface area contributed by atoms with Crippen molar-refractivity contribution in [3.05, 3.63) is 81.7 Å². The number of benzene rings is 2. The Kier molecular flexibility index (Phi) is 7.04. The van der Waals surface area contributed by atoms with Gasteiger partial charge in [-0.3, -0.25) is 0 Å². The lowest BCUT2D eigenvalue weighted by Gasteiger charge is -2.15. The van der Waals surface area contributed by atoms with Gasteiger partial charge in [0.25, 0.3) is 0 Å². The molecule has 1 N–H and O–H groups in total. The van der Waals surface area contributed by atoms with E-state index in [1.807, 2.05) is 43.3 Å². The molecule has 0 aliphatic rings. The van der Waals surface area contributed by atoms with E-state index in [2.05, 4.69) is 5.32 Å². The van der Waals surface area contributed by atoms with E-state index >= 15 is 0 Å². The summed E-state index contributed by atoms with van der Waals surface area (Å²) < 4.78 is 17.0. The van der Waals surface area contributed by atoms with Gasteiger partial charge in [0.15, 0.2) is 11.5 Å². The predicted molar refractivity (Wildman–Crippen MR) is 108 cm³/mol. The molecular weight excluding hydrogens is 385 g/mol. The van der Waals surface area contributed by atoms with Crippen molar-refractivity contribution in [2.75, 3.05) is 6.61 Å². The molecule has 0 bridgehead atoms. The van der Waals surface area contributed by atoms with Gasteiger partial charge in [-0.1, -0.05) is 35.3 Å². The molecule has 4 nitrogen and oxygen atoms in total. The summed E-state index contributed by atoms with van der Waals surface area (Å²) in [4.78, 5) is 0. The molecule has 3 rings (SSSR count). The van der Waals surface area contributed by atoms with Crippen LogP contribution in [0.15, 0.2) is 59.2 Å². The maximum absolute atomic E-state index is 6.21. The summed E-state index contributed by atoms with van der Waals surface area (Å²) in [6, 6.07) is 15.1. The molecule has 0 saturated heterocycles. The standard InChI is InChI=1S/C21H21Cl2NO3/c1-2-25-21-11-15(12-24-13-16-5-4-10-26-16)8-9-20(21)27-14-17-18(22)6-3-7-19(17)23/h3-11,24H,2,12-14H2,1H3. The maximum Gasteiger partial charge on any atom is 0.161 e. The van der Waals surface area contributed by atoms with Crippen LogP contribution in [0.25, 0.3) is 0 Å². The van der Waals surface area contributed by atoms with E-state index in [0.717, 1.165) is 16.9 Å². The molecule has 0 atom stereocenters. The van der Waals surface area contributed by atoms with Gasteiger partial charge in [-0.05, 0) is 48.9 Å². The predicted octanol–water partition coefficient (Wildman–Crippen LogP) is 5.85.